The molecule has 1 heterocycles. The predicted octanol–water partition coefficient (Wildman–Crippen LogP) is 1.70. The summed E-state index contributed by atoms with van der Waals surface area (Å²) in [5.41, 5.74) is 2.18. The van der Waals surface area contributed by atoms with Crippen molar-refractivity contribution in [2.75, 3.05) is 7.05 Å². The minimum Gasteiger partial charge on any atom is -0.317 e. The maximum absolute atomic E-state index is 8.88. The average molecular weight is 192 g/mol. The Hall–Kier alpha value is -0.850. The fraction of sp³-hybridized carbons (Fsp3) is 0.500. The van der Waals surface area contributed by atoms with E-state index in [4.69, 9.17) is 5.26 Å². The van der Waals surface area contributed by atoms with Crippen LogP contribution in [0.1, 0.15) is 22.4 Å². The molecule has 0 fully saturated rings. The van der Waals surface area contributed by atoms with E-state index in [0.717, 1.165) is 18.4 Å². The van der Waals surface area contributed by atoms with Crippen molar-refractivity contribution in [1.82, 2.24) is 5.32 Å². The minimum absolute atomic E-state index is 0.564. The van der Waals surface area contributed by atoms with Crippen molar-refractivity contribution in [1.29, 1.82) is 5.26 Å². The lowest BCUT2D eigenvalue weighted by Crippen LogP contribution is -2.31. The Kier molecular flexibility index (Phi) is 2.34. The van der Waals surface area contributed by atoms with Crippen LogP contribution in [0.3, 0.4) is 0 Å². The zero-order chi connectivity index (χ0) is 9.26. The number of aryl methyl sites for hydroxylation is 1. The lowest BCUT2D eigenvalue weighted by molar-refractivity contribution is 0.500. The van der Waals surface area contributed by atoms with E-state index in [1.807, 2.05) is 12.4 Å². The van der Waals surface area contributed by atoms with Gasteiger partial charge in [-0.1, -0.05) is 0 Å². The van der Waals surface area contributed by atoms with Gasteiger partial charge in [0.25, 0.3) is 0 Å². The van der Waals surface area contributed by atoms with Crippen LogP contribution >= 0.6 is 11.3 Å². The van der Waals surface area contributed by atoms with E-state index in [9.17, 15) is 0 Å². The first kappa shape index (κ1) is 8.74. The van der Waals surface area contributed by atoms with Crippen molar-refractivity contribution >= 4 is 11.3 Å². The highest BCUT2D eigenvalue weighted by Crippen LogP contribution is 2.29. The molecule has 0 spiro atoms. The van der Waals surface area contributed by atoms with Crippen molar-refractivity contribution in [3.05, 3.63) is 21.4 Å². The van der Waals surface area contributed by atoms with Gasteiger partial charge in [0.15, 0.2) is 0 Å². The summed E-state index contributed by atoms with van der Waals surface area (Å²) in [6.45, 7) is 0. The summed E-state index contributed by atoms with van der Waals surface area (Å²) < 4.78 is 0. The van der Waals surface area contributed by atoms with Crippen LogP contribution in [0.25, 0.3) is 0 Å². The maximum atomic E-state index is 8.88. The fourth-order valence-electron chi connectivity index (χ4n) is 1.85. The van der Waals surface area contributed by atoms with E-state index in [-0.39, 0.29) is 0 Å². The van der Waals surface area contributed by atoms with Crippen molar-refractivity contribution in [3.8, 4) is 6.07 Å². The van der Waals surface area contributed by atoms with Crippen molar-refractivity contribution in [2.24, 2.45) is 0 Å². The van der Waals surface area contributed by atoms with Crippen molar-refractivity contribution in [2.45, 2.75) is 25.3 Å². The second kappa shape index (κ2) is 3.49. The second-order valence-corrected chi connectivity index (χ2v) is 4.36. The largest absolute Gasteiger partial charge is 0.317 e. The van der Waals surface area contributed by atoms with Gasteiger partial charge in [0, 0.05) is 16.3 Å². The highest BCUT2D eigenvalue weighted by atomic mass is 32.1. The zero-order valence-electron chi connectivity index (χ0n) is 7.63. The van der Waals surface area contributed by atoms with Gasteiger partial charge in [0.2, 0.25) is 0 Å². The molecule has 0 aromatic carbocycles. The molecule has 0 bridgehead atoms. The standard InChI is InChI=1S/C10H12N2S/c1-12-8-2-3-10-9(4-8)7(5-11)6-13-10/h6,8,12H,2-4H2,1H3. The van der Waals surface area contributed by atoms with E-state index in [0.29, 0.717) is 6.04 Å². The Labute approximate surface area is 82.2 Å². The van der Waals surface area contributed by atoms with Gasteiger partial charge >= 0.3 is 0 Å². The molecule has 1 aromatic rings. The van der Waals surface area contributed by atoms with E-state index in [2.05, 4.69) is 11.4 Å². The number of hydrogen-bond donors (Lipinski definition) is 1. The normalized spacial score (nSPS) is 20.8. The molecule has 0 aliphatic heterocycles. The lowest BCUT2D eigenvalue weighted by atomic mass is 9.92. The monoisotopic (exact) mass is 192 g/mol. The fourth-order valence-corrected chi connectivity index (χ4v) is 2.88. The summed E-state index contributed by atoms with van der Waals surface area (Å²) in [5.74, 6) is 0. The third-order valence-electron chi connectivity index (χ3n) is 2.68. The summed E-state index contributed by atoms with van der Waals surface area (Å²) in [7, 11) is 1.99. The number of thiophene rings is 1. The highest BCUT2D eigenvalue weighted by Gasteiger charge is 2.21. The molecule has 1 aliphatic rings. The topological polar surface area (TPSA) is 35.8 Å². The van der Waals surface area contributed by atoms with Crippen LogP contribution in [0.5, 0.6) is 0 Å². The van der Waals surface area contributed by atoms with Gasteiger partial charge in [0.05, 0.1) is 5.56 Å². The number of hydrogen-bond acceptors (Lipinski definition) is 3. The van der Waals surface area contributed by atoms with Crippen LogP contribution in [-0.4, -0.2) is 13.1 Å². The molecule has 13 heavy (non-hydrogen) atoms. The highest BCUT2D eigenvalue weighted by molar-refractivity contribution is 7.10. The molecule has 2 nitrogen and oxygen atoms in total. The van der Waals surface area contributed by atoms with Crippen molar-refractivity contribution in [3.63, 3.8) is 0 Å². The predicted molar refractivity (Wildman–Crippen MR) is 53.9 cm³/mol. The molecule has 1 atom stereocenters. The van der Waals surface area contributed by atoms with Gasteiger partial charge in [-0.05, 0) is 31.9 Å². The Morgan fingerprint density at radius 1 is 1.69 bits per heavy atom. The minimum atomic E-state index is 0.564. The number of nitrogens with one attached hydrogen (secondary N) is 1. The van der Waals surface area contributed by atoms with E-state index in [1.165, 1.54) is 16.9 Å². The first-order valence-electron chi connectivity index (χ1n) is 4.51. The van der Waals surface area contributed by atoms with Crippen LogP contribution in [-0.2, 0) is 12.8 Å². The van der Waals surface area contributed by atoms with Gasteiger partial charge in [-0.15, -0.1) is 11.3 Å². The summed E-state index contributed by atoms with van der Waals surface area (Å²) in [5, 5.41) is 14.1. The molecular formula is C10H12N2S. The smallest absolute Gasteiger partial charge is 0.100 e. The molecular weight excluding hydrogens is 180 g/mol. The molecule has 1 unspecified atom stereocenters. The molecule has 2 rings (SSSR count). The Bertz CT molecular complexity index is 348. The molecule has 0 amide bonds. The van der Waals surface area contributed by atoms with Gasteiger partial charge in [0.1, 0.15) is 6.07 Å². The summed E-state index contributed by atoms with van der Waals surface area (Å²) in [4.78, 5) is 1.42. The molecule has 1 aromatic heterocycles. The lowest BCUT2D eigenvalue weighted by Gasteiger charge is -2.21. The number of rotatable bonds is 1. The molecule has 68 valence electrons. The first-order chi connectivity index (χ1) is 6.35. The summed E-state index contributed by atoms with van der Waals surface area (Å²) >= 11 is 1.74. The number of nitrogens with zero attached hydrogens (tertiary/aromatic N) is 1. The third-order valence-corrected chi connectivity index (χ3v) is 3.77. The van der Waals surface area contributed by atoms with Crippen LogP contribution in [0.15, 0.2) is 5.38 Å². The van der Waals surface area contributed by atoms with Crippen LogP contribution in [0.2, 0.25) is 0 Å². The molecule has 3 heteroatoms. The van der Waals surface area contributed by atoms with E-state index in [1.54, 1.807) is 11.3 Å². The van der Waals surface area contributed by atoms with Crippen molar-refractivity contribution < 1.29 is 0 Å². The number of fused-ring (bicyclic) bond motifs is 1. The number of nitriles is 1. The first-order valence-corrected chi connectivity index (χ1v) is 5.39. The molecule has 1 N–H and O–H groups in total. The number of likely N-dealkylation sites (N-methyl/N-ethyl adjacent to an activating group) is 1. The Morgan fingerprint density at radius 3 is 3.23 bits per heavy atom. The van der Waals surface area contributed by atoms with E-state index >= 15 is 0 Å². The molecule has 0 saturated heterocycles. The van der Waals surface area contributed by atoms with Crippen LogP contribution in [0, 0.1) is 11.3 Å². The maximum Gasteiger partial charge on any atom is 0.100 e. The van der Waals surface area contributed by atoms with Gasteiger partial charge in [-0.2, -0.15) is 5.26 Å². The Morgan fingerprint density at radius 2 is 2.54 bits per heavy atom. The summed E-state index contributed by atoms with van der Waals surface area (Å²) in [6, 6.07) is 2.83. The van der Waals surface area contributed by atoms with Gasteiger partial charge in [-0.3, -0.25) is 0 Å². The average Bonchev–Trinajstić information content (AvgIpc) is 2.59. The van der Waals surface area contributed by atoms with Gasteiger partial charge < -0.3 is 5.32 Å². The Balaban J connectivity index is 2.31. The zero-order valence-corrected chi connectivity index (χ0v) is 8.45. The van der Waals surface area contributed by atoms with Gasteiger partial charge in [-0.25, -0.2) is 0 Å². The second-order valence-electron chi connectivity index (χ2n) is 3.39. The SMILES string of the molecule is CNC1CCc2scc(C#N)c2C1. The molecule has 0 radical (unpaired) electrons. The third kappa shape index (κ3) is 1.48. The van der Waals surface area contributed by atoms with Crippen LogP contribution in [0.4, 0.5) is 0 Å². The summed E-state index contributed by atoms with van der Waals surface area (Å²) in [6.07, 6.45) is 3.36. The molecule has 1 aliphatic carbocycles. The quantitative estimate of drug-likeness (QED) is 0.735. The van der Waals surface area contributed by atoms with Crippen LogP contribution < -0.4 is 5.32 Å². The molecule has 0 saturated carbocycles. The van der Waals surface area contributed by atoms with E-state index < -0.39 is 0 Å².